The van der Waals surface area contributed by atoms with Gasteiger partial charge in [-0.1, -0.05) is 73.5 Å². The second-order valence-corrected chi connectivity index (χ2v) is 10.0. The summed E-state index contributed by atoms with van der Waals surface area (Å²) in [7, 11) is 1.70. The molecule has 5 rings (SSSR count). The van der Waals surface area contributed by atoms with Gasteiger partial charge in [-0.3, -0.25) is 4.79 Å². The molecule has 2 heterocycles. The molecule has 8 heteroatoms. The summed E-state index contributed by atoms with van der Waals surface area (Å²) in [5, 5.41) is 3.48. The summed E-state index contributed by atoms with van der Waals surface area (Å²) in [6, 6.07) is 20.8. The molecule has 2 aliphatic rings. The zero-order chi connectivity index (χ0) is 25.5. The van der Waals surface area contributed by atoms with Crippen LogP contribution in [0.3, 0.4) is 0 Å². The summed E-state index contributed by atoms with van der Waals surface area (Å²) in [6.07, 6.45) is 7.06. The molecular formula is C30H39ClN4O3. The quantitative estimate of drug-likeness (QED) is 0.397. The van der Waals surface area contributed by atoms with Crippen molar-refractivity contribution in [3.05, 3.63) is 78.2 Å². The number of halogens is 1. The molecule has 1 saturated heterocycles. The summed E-state index contributed by atoms with van der Waals surface area (Å²) < 4.78 is 13.7. The first kappa shape index (κ1) is 28.3. The third kappa shape index (κ3) is 6.46. The van der Waals surface area contributed by atoms with Gasteiger partial charge in [-0.15, -0.1) is 12.4 Å². The monoisotopic (exact) mass is 538 g/mol. The minimum Gasteiger partial charge on any atom is -0.382 e. The van der Waals surface area contributed by atoms with E-state index in [0.29, 0.717) is 25.5 Å². The smallest absolute Gasteiger partial charge is 0.275 e. The molecule has 204 valence electrons. The number of rotatable bonds is 9. The van der Waals surface area contributed by atoms with E-state index in [2.05, 4.69) is 46.3 Å². The predicted octanol–water partition coefficient (Wildman–Crippen LogP) is 4.78. The topological polar surface area (TPSA) is 68.6 Å². The highest BCUT2D eigenvalue weighted by Gasteiger charge is 2.34. The highest BCUT2D eigenvalue weighted by atomic mass is 35.5. The molecule has 1 amide bonds. The molecule has 3 atom stereocenters. The summed E-state index contributed by atoms with van der Waals surface area (Å²) in [5.41, 5.74) is 3.68. The van der Waals surface area contributed by atoms with Crippen molar-refractivity contribution in [2.24, 2.45) is 0 Å². The van der Waals surface area contributed by atoms with Gasteiger partial charge < -0.3 is 24.3 Å². The Bertz CT molecular complexity index is 1140. The Kier molecular flexibility index (Phi) is 10.4. The van der Waals surface area contributed by atoms with Crippen molar-refractivity contribution in [1.82, 2.24) is 19.8 Å². The van der Waals surface area contributed by atoms with Crippen molar-refractivity contribution in [3.63, 3.8) is 0 Å². The SMILES string of the molecule is COCCO[C@H]1CCCC[C@@H]1n1cnc(C(=O)N2CCNC[C@H]2Cc2ccccc2)c1-c1ccccc1.Cl. The van der Waals surface area contributed by atoms with Gasteiger partial charge in [-0.2, -0.15) is 0 Å². The lowest BCUT2D eigenvalue weighted by atomic mass is 9.91. The number of imidazole rings is 1. The van der Waals surface area contributed by atoms with Crippen molar-refractivity contribution in [2.75, 3.05) is 40.0 Å². The van der Waals surface area contributed by atoms with E-state index in [4.69, 9.17) is 14.5 Å². The number of nitrogens with zero attached hydrogens (tertiary/aromatic N) is 3. The molecule has 1 aliphatic carbocycles. The van der Waals surface area contributed by atoms with Gasteiger partial charge >= 0.3 is 0 Å². The maximum absolute atomic E-state index is 14.2. The van der Waals surface area contributed by atoms with Crippen LogP contribution in [0.15, 0.2) is 67.0 Å². The number of amides is 1. The van der Waals surface area contributed by atoms with Gasteiger partial charge in [0.25, 0.3) is 5.91 Å². The Hall–Kier alpha value is -2.71. The first-order valence-corrected chi connectivity index (χ1v) is 13.5. The van der Waals surface area contributed by atoms with Crippen LogP contribution < -0.4 is 5.32 Å². The highest BCUT2D eigenvalue weighted by molar-refractivity contribution is 5.98. The minimum atomic E-state index is 0. The third-order valence-corrected chi connectivity index (χ3v) is 7.61. The van der Waals surface area contributed by atoms with E-state index < -0.39 is 0 Å². The molecule has 1 N–H and O–H groups in total. The number of benzene rings is 2. The molecule has 0 spiro atoms. The van der Waals surface area contributed by atoms with E-state index in [9.17, 15) is 4.79 Å². The molecule has 0 radical (unpaired) electrons. The number of methoxy groups -OCH3 is 1. The van der Waals surface area contributed by atoms with E-state index >= 15 is 0 Å². The molecule has 1 aromatic heterocycles. The molecule has 1 saturated carbocycles. The molecule has 38 heavy (non-hydrogen) atoms. The Morgan fingerprint density at radius 2 is 1.76 bits per heavy atom. The van der Waals surface area contributed by atoms with E-state index in [1.807, 2.05) is 35.5 Å². The molecule has 3 aromatic rings. The highest BCUT2D eigenvalue weighted by Crippen LogP contribution is 2.36. The Morgan fingerprint density at radius 3 is 2.53 bits per heavy atom. The van der Waals surface area contributed by atoms with Crippen LogP contribution in [0.1, 0.15) is 47.8 Å². The standard InChI is InChI=1S/C30H38N4O3.ClH/c1-36-18-19-37-27-15-9-8-14-26(27)34-22-32-28(29(34)24-12-6-3-7-13-24)30(35)33-17-16-31-21-25(33)20-23-10-4-2-5-11-23;/h2-7,10-13,22,25-27,31H,8-9,14-21H2,1H3;1H/t25-,26+,27+;/m1./s1. The summed E-state index contributed by atoms with van der Waals surface area (Å²) in [6.45, 7) is 3.38. The lowest BCUT2D eigenvalue weighted by Crippen LogP contribution is -2.54. The maximum atomic E-state index is 14.2. The summed E-state index contributed by atoms with van der Waals surface area (Å²) >= 11 is 0. The van der Waals surface area contributed by atoms with Crippen LogP contribution in [0, 0.1) is 0 Å². The van der Waals surface area contributed by atoms with Gasteiger partial charge in [0, 0.05) is 38.3 Å². The lowest BCUT2D eigenvalue weighted by molar-refractivity contribution is -0.0264. The molecule has 1 aliphatic heterocycles. The summed E-state index contributed by atoms with van der Waals surface area (Å²) in [4.78, 5) is 21.0. The molecule has 2 aromatic carbocycles. The van der Waals surface area contributed by atoms with Crippen LogP contribution in [-0.2, 0) is 15.9 Å². The van der Waals surface area contributed by atoms with Crippen LogP contribution in [0.5, 0.6) is 0 Å². The fourth-order valence-electron chi connectivity index (χ4n) is 5.76. The second-order valence-electron chi connectivity index (χ2n) is 10.0. The number of hydrogen-bond acceptors (Lipinski definition) is 5. The van der Waals surface area contributed by atoms with Crippen molar-refractivity contribution < 1.29 is 14.3 Å². The number of hydrogen-bond donors (Lipinski definition) is 1. The number of ether oxygens (including phenoxy) is 2. The maximum Gasteiger partial charge on any atom is 0.275 e. The van der Waals surface area contributed by atoms with E-state index in [1.165, 1.54) is 5.56 Å². The lowest BCUT2D eigenvalue weighted by Gasteiger charge is -2.36. The number of nitrogens with one attached hydrogen (secondary N) is 1. The van der Waals surface area contributed by atoms with Crippen molar-refractivity contribution in [2.45, 2.75) is 50.3 Å². The van der Waals surface area contributed by atoms with E-state index in [1.54, 1.807) is 7.11 Å². The zero-order valence-corrected chi connectivity index (χ0v) is 22.9. The van der Waals surface area contributed by atoms with E-state index in [-0.39, 0.29) is 36.5 Å². The van der Waals surface area contributed by atoms with Crippen LogP contribution in [0.25, 0.3) is 11.3 Å². The zero-order valence-electron chi connectivity index (χ0n) is 22.1. The number of carbonyl (C=O) groups excluding carboxylic acids is 1. The van der Waals surface area contributed by atoms with Crippen LogP contribution in [-0.4, -0.2) is 72.5 Å². The summed E-state index contributed by atoms with van der Waals surface area (Å²) in [5.74, 6) is 0.00712. The van der Waals surface area contributed by atoms with Crippen LogP contribution >= 0.6 is 12.4 Å². The average molecular weight is 539 g/mol. The van der Waals surface area contributed by atoms with Gasteiger partial charge in [0.2, 0.25) is 0 Å². The first-order chi connectivity index (χ1) is 18.3. The molecule has 2 fully saturated rings. The van der Waals surface area contributed by atoms with Gasteiger partial charge in [0.1, 0.15) is 0 Å². The average Bonchev–Trinajstić information content (AvgIpc) is 3.39. The number of aromatic nitrogens is 2. The fraction of sp³-hybridized carbons (Fsp3) is 0.467. The van der Waals surface area contributed by atoms with E-state index in [0.717, 1.165) is 56.5 Å². The van der Waals surface area contributed by atoms with Crippen molar-refractivity contribution in [1.29, 1.82) is 0 Å². The fourth-order valence-corrected chi connectivity index (χ4v) is 5.76. The Balaban J connectivity index is 0.00000336. The molecular weight excluding hydrogens is 500 g/mol. The number of piperazine rings is 1. The minimum absolute atomic E-state index is 0. The van der Waals surface area contributed by atoms with Crippen molar-refractivity contribution in [3.8, 4) is 11.3 Å². The first-order valence-electron chi connectivity index (χ1n) is 13.5. The predicted molar refractivity (Wildman–Crippen MR) is 152 cm³/mol. The normalized spacial score (nSPS) is 21.6. The van der Waals surface area contributed by atoms with Crippen molar-refractivity contribution >= 4 is 18.3 Å². The van der Waals surface area contributed by atoms with Gasteiger partial charge in [0.15, 0.2) is 5.69 Å². The Morgan fingerprint density at radius 1 is 1.03 bits per heavy atom. The second kappa shape index (κ2) is 13.9. The molecule has 7 nitrogen and oxygen atoms in total. The van der Waals surface area contributed by atoms with Crippen LogP contribution in [0.4, 0.5) is 0 Å². The van der Waals surface area contributed by atoms with Gasteiger partial charge in [-0.25, -0.2) is 4.98 Å². The van der Waals surface area contributed by atoms with Gasteiger partial charge in [0.05, 0.1) is 37.4 Å². The van der Waals surface area contributed by atoms with Gasteiger partial charge in [-0.05, 0) is 24.8 Å². The molecule has 0 unspecified atom stereocenters. The third-order valence-electron chi connectivity index (χ3n) is 7.61. The van der Waals surface area contributed by atoms with Crippen LogP contribution in [0.2, 0.25) is 0 Å². The Labute approximate surface area is 231 Å². The largest absolute Gasteiger partial charge is 0.382 e. The molecule has 0 bridgehead atoms. The number of carbonyl (C=O) groups is 1.